The van der Waals surface area contributed by atoms with Crippen LogP contribution in [0.25, 0.3) is 0 Å². The van der Waals surface area contributed by atoms with E-state index in [2.05, 4.69) is 160 Å². The van der Waals surface area contributed by atoms with Crippen molar-refractivity contribution in [3.63, 3.8) is 0 Å². The van der Waals surface area contributed by atoms with E-state index in [4.69, 9.17) is 78.9 Å². The van der Waals surface area contributed by atoms with Gasteiger partial charge in [0.2, 0.25) is 0 Å². The number of Topliss-reactive ketones (excluding diaryl/α,β-unsaturated/α-hetero) is 5. The molecule has 0 aromatic heterocycles. The molecule has 20 N–H and O–H groups in total. The Hall–Kier alpha value is -6.03. The zero-order chi connectivity index (χ0) is 98.8. The summed E-state index contributed by atoms with van der Waals surface area (Å²) in [4.78, 5) is 74.5. The monoisotopic (exact) mass is 1880 g/mol. The summed E-state index contributed by atoms with van der Waals surface area (Å²) in [7, 11) is -6.37. The SMILES string of the molecule is CC(=O)[C@@](N)(CCCCB(O)O)C1CCN(C(C)c2ccccc2)CC1.CC(=O)[C@@](N)(CCCCB(O)O)C1CCN(C2CCCc3ccccc32)CC1.CC(=O)[C@@](N)(CCCCB(O)O)C1CCN(C2CCCc3ccccc32)CC1.CC(=O)[C@](N)(CCCCB(O)O)C1CCN(C(C)c2ccccc2)CC1.CC(=O)[C@](N)(CCCCB(O)O)C1CCN(C2CCCc3ccccc32)CC1. The number of nitrogens with two attached hydrogens (primary N) is 5. The Labute approximate surface area is 816 Å². The highest BCUT2D eigenvalue weighted by molar-refractivity contribution is 6.42. The van der Waals surface area contributed by atoms with Gasteiger partial charge in [0.05, 0.1) is 27.7 Å². The standard InChI is InChI=1S/3C22H35BN2O3.2C20H33BN2O3/c3*1-17(26)22(24,13-4-5-14-23(27)28)19-11-15-25(16-12-19)21-10-6-8-18-7-2-3-9-20(18)21;2*1-16(18-8-4-3-5-9-18)23-14-10-19(11-15-23)20(22,17(2)24)12-6-7-13-21(25)26/h3*2-3,7,9,19,21,27-28H,4-6,8,10-16,24H2,1H3;2*3-5,8-9,16,19,25-26H,6-7,10-15,22H2,1-2H3/t3*21?,22-;2*16?,20-/m10010/s1. The first-order chi connectivity index (χ1) is 64.9. The maximum Gasteiger partial charge on any atom is 0.451 e. The molecule has 10 atom stereocenters. The molecule has 13 rings (SSSR count). The van der Waals surface area contributed by atoms with Gasteiger partial charge in [0.25, 0.3) is 0 Å². The van der Waals surface area contributed by atoms with Crippen LogP contribution < -0.4 is 28.7 Å². The Balaban J connectivity index is 0.000000191. The third kappa shape index (κ3) is 32.8. The van der Waals surface area contributed by atoms with Gasteiger partial charge < -0.3 is 78.9 Å². The molecule has 5 unspecified atom stereocenters. The predicted octanol–water partition coefficient (Wildman–Crippen LogP) is 12.9. The molecular weight excluding hydrogens is 1710 g/mol. The van der Waals surface area contributed by atoms with Crippen LogP contribution in [0.2, 0.25) is 31.6 Å². The molecule has 8 aliphatic rings. The number of hydrogen-bond donors (Lipinski definition) is 15. The van der Waals surface area contributed by atoms with Gasteiger partial charge in [0.1, 0.15) is 28.9 Å². The summed E-state index contributed by atoms with van der Waals surface area (Å²) in [6.07, 6.45) is 32.3. The molecule has 5 saturated heterocycles. The molecule has 0 amide bonds. The first-order valence-corrected chi connectivity index (χ1v) is 52.3. The first kappa shape index (κ1) is 114. The van der Waals surface area contributed by atoms with Gasteiger partial charge in [-0.15, -0.1) is 0 Å². The van der Waals surface area contributed by atoms with Crippen molar-refractivity contribution >= 4 is 64.5 Å². The predicted molar refractivity (Wildman–Crippen MR) is 550 cm³/mol. The number of likely N-dealkylation sites (tertiary alicyclic amines) is 5. The van der Waals surface area contributed by atoms with Gasteiger partial charge in [-0.3, -0.25) is 48.5 Å². The summed E-state index contributed by atoms with van der Waals surface area (Å²) < 4.78 is 0. The number of aryl methyl sites for hydroxylation is 3. The van der Waals surface area contributed by atoms with Crippen molar-refractivity contribution in [3.05, 3.63) is 178 Å². The quantitative estimate of drug-likeness (QED) is 0.0127. The molecule has 5 fully saturated rings. The van der Waals surface area contributed by atoms with E-state index in [0.717, 1.165) is 162 Å². The highest BCUT2D eigenvalue weighted by Gasteiger charge is 2.48. The van der Waals surface area contributed by atoms with Crippen molar-refractivity contribution < 1.29 is 74.2 Å². The van der Waals surface area contributed by atoms with E-state index in [1.165, 1.54) is 102 Å². The second kappa shape index (κ2) is 56.1. The molecule has 5 aliphatic heterocycles. The number of unbranched alkanes of at least 4 members (excludes halogenated alkanes) is 5. The van der Waals surface area contributed by atoms with Crippen LogP contribution in [-0.2, 0) is 43.2 Å². The highest BCUT2D eigenvalue weighted by atomic mass is 16.4. The Bertz CT molecular complexity index is 4000. The fourth-order valence-corrected chi connectivity index (χ4v) is 24.1. The smallest absolute Gasteiger partial charge is 0.427 e. The van der Waals surface area contributed by atoms with Crippen LogP contribution in [0.15, 0.2) is 133 Å². The van der Waals surface area contributed by atoms with Crippen molar-refractivity contribution in [3.8, 4) is 0 Å². The number of hydrogen-bond acceptors (Lipinski definition) is 25. The summed E-state index contributed by atoms with van der Waals surface area (Å²) >= 11 is 0. The normalized spacial score (nSPS) is 21.8. The van der Waals surface area contributed by atoms with E-state index < -0.39 is 63.3 Å². The fraction of sp³-hybridized carbons (Fsp3) is 0.670. The van der Waals surface area contributed by atoms with Crippen molar-refractivity contribution in [1.82, 2.24) is 24.5 Å². The van der Waals surface area contributed by atoms with Crippen LogP contribution in [-0.4, -0.2) is 232 Å². The molecule has 5 heterocycles. The van der Waals surface area contributed by atoms with Gasteiger partial charge in [-0.1, -0.05) is 198 Å². The Morgan fingerprint density at radius 3 is 0.676 bits per heavy atom. The summed E-state index contributed by atoms with van der Waals surface area (Å²) in [6, 6.07) is 49.7. The molecule has 0 bridgehead atoms. The second-order valence-corrected chi connectivity index (χ2v) is 41.7. The van der Waals surface area contributed by atoms with Crippen molar-refractivity contribution in [2.24, 2.45) is 58.3 Å². The van der Waals surface area contributed by atoms with Gasteiger partial charge in [-0.2, -0.15) is 0 Å². The van der Waals surface area contributed by atoms with E-state index in [-0.39, 0.29) is 58.5 Å². The summed E-state index contributed by atoms with van der Waals surface area (Å²) in [5, 5.41) is 90.0. The maximum atomic E-state index is 12.4. The summed E-state index contributed by atoms with van der Waals surface area (Å²) in [5.41, 5.74) is 40.7. The van der Waals surface area contributed by atoms with Crippen LogP contribution in [0.4, 0.5) is 0 Å². The molecular formula is C106H171B5N10O15. The van der Waals surface area contributed by atoms with Crippen LogP contribution in [0.1, 0.15) is 322 Å². The second-order valence-electron chi connectivity index (χ2n) is 41.7. The summed E-state index contributed by atoms with van der Waals surface area (Å²) in [5.74, 6) is 1.32. The highest BCUT2D eigenvalue weighted by Crippen LogP contribution is 2.45. The molecule has 136 heavy (non-hydrogen) atoms. The average Bonchev–Trinajstić information content (AvgIpc) is 0.792. The zero-order valence-corrected chi connectivity index (χ0v) is 83.6. The molecule has 0 radical (unpaired) electrons. The van der Waals surface area contributed by atoms with E-state index in [0.29, 0.717) is 126 Å². The maximum absolute atomic E-state index is 12.4. The van der Waals surface area contributed by atoms with Crippen LogP contribution in [0.3, 0.4) is 0 Å². The molecule has 0 spiro atoms. The average molecular weight is 1880 g/mol. The Kier molecular flexibility index (Phi) is 46.9. The van der Waals surface area contributed by atoms with Crippen molar-refractivity contribution in [1.29, 1.82) is 0 Å². The number of rotatable bonds is 42. The van der Waals surface area contributed by atoms with Gasteiger partial charge >= 0.3 is 35.6 Å². The topological polar surface area (TPSA) is 434 Å². The minimum atomic E-state index is -1.28. The van der Waals surface area contributed by atoms with E-state index in [9.17, 15) is 24.0 Å². The molecule has 3 aliphatic carbocycles. The number of fused-ring (bicyclic) bond motifs is 3. The fourth-order valence-electron chi connectivity index (χ4n) is 24.1. The Morgan fingerprint density at radius 2 is 0.478 bits per heavy atom. The van der Waals surface area contributed by atoms with E-state index in [1.807, 2.05) is 12.1 Å². The van der Waals surface area contributed by atoms with Crippen molar-refractivity contribution in [2.45, 2.75) is 356 Å². The lowest BCUT2D eigenvalue weighted by Gasteiger charge is -2.44. The van der Waals surface area contributed by atoms with Crippen LogP contribution in [0, 0.1) is 29.6 Å². The van der Waals surface area contributed by atoms with Gasteiger partial charge in [0, 0.05) is 30.2 Å². The number of nitrogens with zero attached hydrogens (tertiary/aromatic N) is 5. The molecule has 25 nitrogen and oxygen atoms in total. The van der Waals surface area contributed by atoms with Crippen LogP contribution in [0.5, 0.6) is 0 Å². The molecule has 5 aromatic rings. The summed E-state index contributed by atoms with van der Waals surface area (Å²) in [6.45, 7) is 22.2. The largest absolute Gasteiger partial charge is 0.451 e. The number of benzene rings is 5. The first-order valence-electron chi connectivity index (χ1n) is 52.3. The lowest BCUT2D eigenvalue weighted by atomic mass is 9.72. The molecule has 5 aromatic carbocycles. The third-order valence-electron chi connectivity index (χ3n) is 33.1. The Morgan fingerprint density at radius 1 is 0.287 bits per heavy atom. The number of piperidine rings is 5. The van der Waals surface area contributed by atoms with Crippen LogP contribution >= 0.6 is 0 Å². The lowest BCUT2D eigenvalue weighted by Crippen LogP contribution is -2.56. The van der Waals surface area contributed by atoms with Gasteiger partial charge in [-0.25, -0.2) is 0 Å². The zero-order valence-electron chi connectivity index (χ0n) is 83.6. The number of carbonyl (C=O) groups excluding carboxylic acids is 5. The third-order valence-corrected chi connectivity index (χ3v) is 33.1. The minimum absolute atomic E-state index is 0.0524. The number of carbonyl (C=O) groups is 5. The minimum Gasteiger partial charge on any atom is -0.427 e. The molecule has 30 heteroatoms. The lowest BCUT2D eigenvalue weighted by molar-refractivity contribution is -0.126. The van der Waals surface area contributed by atoms with E-state index >= 15 is 0 Å². The molecule has 750 valence electrons. The molecule has 0 saturated carbocycles. The van der Waals surface area contributed by atoms with Gasteiger partial charge in [-0.05, 0) is 374 Å². The van der Waals surface area contributed by atoms with E-state index in [1.54, 1.807) is 34.6 Å². The van der Waals surface area contributed by atoms with Gasteiger partial charge in [0.15, 0.2) is 0 Å². The number of ketones is 5. The van der Waals surface area contributed by atoms with Crippen molar-refractivity contribution in [2.75, 3.05) is 65.4 Å².